The fourth-order valence-electron chi connectivity index (χ4n) is 1.21. The first kappa shape index (κ1) is 19.7. The number of hydrogen-bond donors (Lipinski definition) is 1. The number of thiazole rings is 2. The van der Waals surface area contributed by atoms with Crippen LogP contribution in [0, 0.1) is 0 Å². The second-order valence-electron chi connectivity index (χ2n) is 4.08. The summed E-state index contributed by atoms with van der Waals surface area (Å²) in [7, 11) is 15.7. The zero-order valence-electron chi connectivity index (χ0n) is 12.4. The quantitative estimate of drug-likeness (QED) is 0.567. The van der Waals surface area contributed by atoms with Crippen LogP contribution in [0.25, 0.3) is 0 Å². The molecule has 0 atom stereocenters. The summed E-state index contributed by atoms with van der Waals surface area (Å²) in [6.45, 7) is 0. The number of hydrogen-bond acceptors (Lipinski definition) is 8. The maximum absolute atomic E-state index is 10.9. The van der Waals surface area contributed by atoms with Crippen molar-refractivity contribution in [1.82, 2.24) is 9.97 Å². The van der Waals surface area contributed by atoms with Gasteiger partial charge < -0.3 is 14.7 Å². The molecule has 4 radical (unpaired) electrons. The summed E-state index contributed by atoms with van der Waals surface area (Å²) in [5, 5.41) is 9.21. The number of anilines is 1. The first-order valence-electron chi connectivity index (χ1n) is 5.84. The highest BCUT2D eigenvalue weighted by atomic mass is 79.9. The number of carboxylic acids is 1. The van der Waals surface area contributed by atoms with Gasteiger partial charge in [-0.25, -0.2) is 19.6 Å². The number of rotatable bonds is 3. The molecule has 0 aliphatic rings. The molecule has 0 aliphatic carbocycles. The van der Waals surface area contributed by atoms with E-state index in [4.69, 9.17) is 20.8 Å². The van der Waals surface area contributed by atoms with Crippen molar-refractivity contribution < 1.29 is 19.4 Å². The van der Waals surface area contributed by atoms with Gasteiger partial charge in [-0.05, 0) is 25.5 Å². The van der Waals surface area contributed by atoms with Gasteiger partial charge in [-0.15, -0.1) is 22.7 Å². The topological polar surface area (TPSA) is 92.6 Å². The molecule has 0 spiro atoms. The van der Waals surface area contributed by atoms with E-state index < -0.39 is 11.9 Å². The van der Waals surface area contributed by atoms with Gasteiger partial charge >= 0.3 is 11.9 Å². The number of ether oxygens (including phenoxy) is 1. The highest BCUT2D eigenvalue weighted by Crippen LogP contribution is 2.14. The summed E-state index contributed by atoms with van der Waals surface area (Å²) >= 11 is 5.46. The van der Waals surface area contributed by atoms with Crippen LogP contribution in [0.2, 0.25) is 0 Å². The maximum atomic E-state index is 10.9. The normalized spacial score (nSPS) is 9.74. The molecule has 0 saturated heterocycles. The van der Waals surface area contributed by atoms with Gasteiger partial charge in [-0.2, -0.15) is 0 Å². The largest absolute Gasteiger partial charge is 0.477 e. The molecule has 0 fully saturated rings. The van der Waals surface area contributed by atoms with Crippen LogP contribution in [-0.4, -0.2) is 63.9 Å². The van der Waals surface area contributed by atoms with Crippen molar-refractivity contribution in [3.8, 4) is 0 Å². The Bertz CT molecular complexity index is 720. The number of carboxylic acid groups (broad SMARTS) is 1. The number of esters is 1. The second-order valence-corrected chi connectivity index (χ2v) is 7.40. The third-order valence-corrected chi connectivity index (χ3v) is 4.62. The lowest BCUT2D eigenvalue weighted by Crippen LogP contribution is -2.13. The Kier molecular flexibility index (Phi) is 7.23. The van der Waals surface area contributed by atoms with Crippen LogP contribution in [0.1, 0.15) is 21.0 Å². The van der Waals surface area contributed by atoms with E-state index in [-0.39, 0.29) is 16.2 Å². The van der Waals surface area contributed by atoms with Crippen molar-refractivity contribution >= 4 is 80.9 Å². The minimum Gasteiger partial charge on any atom is -0.477 e. The standard InChI is InChI=1S/C6H7BN2O2S.C5H3BBrNO2S/c1-9(2)6-8-3(5(10)11)4(7)12-6;1-10-4(9)2-3(6)11-5(7)8-2/h1-2H3,(H,10,11);1H3. The average molecular weight is 414 g/mol. The van der Waals surface area contributed by atoms with E-state index in [0.29, 0.717) is 13.8 Å². The number of methoxy groups -OCH3 is 1. The van der Waals surface area contributed by atoms with Crippen LogP contribution in [0.3, 0.4) is 0 Å². The summed E-state index contributed by atoms with van der Waals surface area (Å²) < 4.78 is 5.62. The molecule has 0 amide bonds. The van der Waals surface area contributed by atoms with E-state index >= 15 is 0 Å². The van der Waals surface area contributed by atoms with Gasteiger partial charge in [0.15, 0.2) is 20.4 Å². The molecule has 0 bridgehead atoms. The molecular weight excluding hydrogens is 404 g/mol. The highest BCUT2D eigenvalue weighted by Gasteiger charge is 2.14. The van der Waals surface area contributed by atoms with Gasteiger partial charge in [0.25, 0.3) is 0 Å². The molecular formula is C11H10B2BrN3O4S2. The van der Waals surface area contributed by atoms with Gasteiger partial charge in [-0.3, -0.25) is 0 Å². The predicted molar refractivity (Wildman–Crippen MR) is 95.3 cm³/mol. The molecule has 7 nitrogen and oxygen atoms in total. The summed E-state index contributed by atoms with van der Waals surface area (Å²) in [6.07, 6.45) is 0. The van der Waals surface area contributed by atoms with Crippen molar-refractivity contribution in [2.45, 2.75) is 0 Å². The lowest BCUT2D eigenvalue weighted by molar-refractivity contribution is 0.0595. The maximum Gasteiger partial charge on any atom is 0.356 e. The SMILES string of the molecule is [B]c1sc(Br)nc1C(=O)OC.[B]c1sc(N(C)C)nc1C(=O)O. The Morgan fingerprint density at radius 2 is 1.74 bits per heavy atom. The minimum atomic E-state index is -1.09. The summed E-state index contributed by atoms with van der Waals surface area (Å²) in [6, 6.07) is 0. The van der Waals surface area contributed by atoms with Gasteiger partial charge in [0.1, 0.15) is 15.7 Å². The second kappa shape index (κ2) is 8.46. The molecule has 0 saturated carbocycles. The zero-order chi connectivity index (χ0) is 17.7. The first-order chi connectivity index (χ1) is 10.7. The molecule has 0 aromatic carbocycles. The van der Waals surface area contributed by atoms with E-state index in [2.05, 4.69) is 30.6 Å². The van der Waals surface area contributed by atoms with Crippen molar-refractivity contribution in [2.24, 2.45) is 0 Å². The predicted octanol–water partition coefficient (Wildman–Crippen LogP) is 0.187. The van der Waals surface area contributed by atoms with E-state index in [9.17, 15) is 9.59 Å². The van der Waals surface area contributed by atoms with E-state index in [0.717, 1.165) is 11.3 Å². The lowest BCUT2D eigenvalue weighted by Gasteiger charge is -2.04. The average Bonchev–Trinajstić information content (AvgIpc) is 3.01. The zero-order valence-corrected chi connectivity index (χ0v) is 15.6. The molecule has 2 aromatic rings. The van der Waals surface area contributed by atoms with Crippen LogP contribution < -0.4 is 14.5 Å². The molecule has 2 heterocycles. The summed E-state index contributed by atoms with van der Waals surface area (Å²) in [4.78, 5) is 30.7. The van der Waals surface area contributed by atoms with E-state index in [1.165, 1.54) is 18.4 Å². The van der Waals surface area contributed by atoms with Gasteiger partial charge in [-0.1, -0.05) is 0 Å². The van der Waals surface area contributed by atoms with Crippen molar-refractivity contribution in [3.63, 3.8) is 0 Å². The van der Waals surface area contributed by atoms with Gasteiger partial charge in [0.2, 0.25) is 0 Å². The molecule has 23 heavy (non-hydrogen) atoms. The fraction of sp³-hybridized carbons (Fsp3) is 0.273. The third-order valence-electron chi connectivity index (χ3n) is 2.23. The van der Waals surface area contributed by atoms with Crippen molar-refractivity contribution in [1.29, 1.82) is 0 Å². The fourth-order valence-corrected chi connectivity index (χ4v) is 3.20. The molecule has 2 rings (SSSR count). The van der Waals surface area contributed by atoms with Crippen LogP contribution in [0.5, 0.6) is 0 Å². The molecule has 1 N–H and O–H groups in total. The number of carbonyl (C=O) groups excluding carboxylic acids is 1. The highest BCUT2D eigenvalue weighted by molar-refractivity contribution is 9.11. The number of halogens is 1. The van der Waals surface area contributed by atoms with E-state index in [1.807, 2.05) is 0 Å². The smallest absolute Gasteiger partial charge is 0.356 e. The number of carbonyl (C=O) groups is 2. The van der Waals surface area contributed by atoms with Crippen LogP contribution in [-0.2, 0) is 4.74 Å². The van der Waals surface area contributed by atoms with E-state index in [1.54, 1.807) is 19.0 Å². The van der Waals surface area contributed by atoms with Gasteiger partial charge in [0.05, 0.1) is 7.11 Å². The molecule has 2 aromatic heterocycles. The van der Waals surface area contributed by atoms with Crippen LogP contribution >= 0.6 is 38.6 Å². The Morgan fingerprint density at radius 1 is 1.17 bits per heavy atom. The molecule has 0 unspecified atom stereocenters. The Morgan fingerprint density at radius 3 is 2.04 bits per heavy atom. The Hall–Kier alpha value is -1.39. The first-order valence-corrected chi connectivity index (χ1v) is 8.27. The lowest BCUT2D eigenvalue weighted by atomic mass is 10.1. The van der Waals surface area contributed by atoms with Crippen molar-refractivity contribution in [2.75, 3.05) is 26.1 Å². The molecule has 118 valence electrons. The number of aromatic nitrogens is 2. The third kappa shape index (κ3) is 5.33. The Labute approximate surface area is 151 Å². The van der Waals surface area contributed by atoms with Crippen LogP contribution in [0.15, 0.2) is 3.92 Å². The number of nitrogens with zero attached hydrogens (tertiary/aromatic N) is 3. The summed E-state index contributed by atoms with van der Waals surface area (Å²) in [5.41, 5.74) is 0.105. The molecule has 12 heteroatoms. The Balaban J connectivity index is 0.000000231. The van der Waals surface area contributed by atoms with Crippen LogP contribution in [0.4, 0.5) is 5.13 Å². The number of aromatic carboxylic acids is 1. The minimum absolute atomic E-state index is 0.0660. The summed E-state index contributed by atoms with van der Waals surface area (Å²) in [5.74, 6) is -1.60. The van der Waals surface area contributed by atoms with Gasteiger partial charge in [0, 0.05) is 14.1 Å². The monoisotopic (exact) mass is 413 g/mol. The van der Waals surface area contributed by atoms with Crippen molar-refractivity contribution in [3.05, 3.63) is 15.3 Å². The molecule has 0 aliphatic heterocycles.